The van der Waals surface area contributed by atoms with E-state index >= 15 is 0 Å². The van der Waals surface area contributed by atoms with Crippen LogP contribution in [0.1, 0.15) is 45.9 Å². The molecule has 0 amide bonds. The molecule has 0 bridgehead atoms. The quantitative estimate of drug-likeness (QED) is 0.782. The van der Waals surface area contributed by atoms with E-state index in [9.17, 15) is 5.11 Å². The molecule has 3 heteroatoms. The third kappa shape index (κ3) is 4.37. The third-order valence-corrected chi connectivity index (χ3v) is 2.61. The molecular weight excluding hydrogens is 202 g/mol. The van der Waals surface area contributed by atoms with Gasteiger partial charge in [-0.15, -0.1) is 0 Å². The van der Waals surface area contributed by atoms with Crippen LogP contribution in [0.15, 0.2) is 22.8 Å². The van der Waals surface area contributed by atoms with Crippen LogP contribution >= 0.6 is 0 Å². The monoisotopic (exact) mass is 225 g/mol. The predicted molar refractivity (Wildman–Crippen MR) is 65.2 cm³/mol. The molecule has 2 N–H and O–H groups in total. The lowest BCUT2D eigenvalue weighted by molar-refractivity contribution is 0.0358. The molecule has 0 aromatic carbocycles. The van der Waals surface area contributed by atoms with Crippen molar-refractivity contribution < 1.29 is 9.52 Å². The highest BCUT2D eigenvalue weighted by Gasteiger charge is 2.22. The molecule has 0 saturated heterocycles. The van der Waals surface area contributed by atoms with E-state index in [2.05, 4.69) is 19.2 Å². The van der Waals surface area contributed by atoms with Gasteiger partial charge in [-0.2, -0.15) is 0 Å². The van der Waals surface area contributed by atoms with E-state index in [0.717, 1.165) is 12.2 Å². The average Bonchev–Trinajstić information content (AvgIpc) is 2.64. The largest absolute Gasteiger partial charge is 0.468 e. The summed E-state index contributed by atoms with van der Waals surface area (Å²) in [5.41, 5.74) is -0.658. The Morgan fingerprint density at radius 1 is 1.44 bits per heavy atom. The molecule has 2 unspecified atom stereocenters. The van der Waals surface area contributed by atoms with Crippen LogP contribution in [0, 0.1) is 5.92 Å². The van der Waals surface area contributed by atoms with E-state index in [-0.39, 0.29) is 6.04 Å². The zero-order valence-electron chi connectivity index (χ0n) is 10.7. The fourth-order valence-electron chi connectivity index (χ4n) is 1.96. The van der Waals surface area contributed by atoms with Crippen molar-refractivity contribution in [2.45, 2.75) is 45.8 Å². The normalized spacial score (nSPS) is 17.4. The van der Waals surface area contributed by atoms with Gasteiger partial charge in [-0.25, -0.2) is 0 Å². The van der Waals surface area contributed by atoms with Gasteiger partial charge in [0.25, 0.3) is 0 Å². The van der Waals surface area contributed by atoms with Gasteiger partial charge in [0.1, 0.15) is 5.76 Å². The molecule has 3 nitrogen and oxygen atoms in total. The lowest BCUT2D eigenvalue weighted by Crippen LogP contribution is -2.39. The van der Waals surface area contributed by atoms with E-state index in [1.165, 1.54) is 0 Å². The Bertz CT molecular complexity index is 291. The van der Waals surface area contributed by atoms with E-state index < -0.39 is 5.60 Å². The molecule has 92 valence electrons. The molecule has 2 atom stereocenters. The first-order valence-electron chi connectivity index (χ1n) is 5.90. The Morgan fingerprint density at radius 2 is 2.12 bits per heavy atom. The summed E-state index contributed by atoms with van der Waals surface area (Å²) in [6.07, 6.45) is 2.46. The summed E-state index contributed by atoms with van der Waals surface area (Å²) in [4.78, 5) is 0. The second-order valence-electron chi connectivity index (χ2n) is 5.21. The van der Waals surface area contributed by atoms with Gasteiger partial charge in [0.2, 0.25) is 0 Å². The lowest BCUT2D eigenvalue weighted by Gasteiger charge is -2.27. The van der Waals surface area contributed by atoms with Crippen molar-refractivity contribution in [3.05, 3.63) is 24.2 Å². The molecular formula is C13H23NO2. The first-order valence-corrected chi connectivity index (χ1v) is 5.90. The molecule has 0 aliphatic carbocycles. The lowest BCUT2D eigenvalue weighted by atomic mass is 9.94. The van der Waals surface area contributed by atoms with Gasteiger partial charge in [0.15, 0.2) is 0 Å². The van der Waals surface area contributed by atoms with E-state index in [1.54, 1.807) is 6.26 Å². The van der Waals surface area contributed by atoms with Gasteiger partial charge in [-0.05, 0) is 38.3 Å². The molecule has 0 saturated carbocycles. The average molecular weight is 225 g/mol. The first-order chi connectivity index (χ1) is 7.41. The number of hydrogen-bond donors (Lipinski definition) is 2. The Morgan fingerprint density at radius 3 is 2.62 bits per heavy atom. The van der Waals surface area contributed by atoms with Gasteiger partial charge < -0.3 is 14.8 Å². The minimum Gasteiger partial charge on any atom is -0.468 e. The smallest absolute Gasteiger partial charge is 0.120 e. The maximum Gasteiger partial charge on any atom is 0.120 e. The summed E-state index contributed by atoms with van der Waals surface area (Å²) in [6.45, 7) is 8.71. The van der Waals surface area contributed by atoms with Gasteiger partial charge in [0.05, 0.1) is 17.9 Å². The van der Waals surface area contributed by atoms with Gasteiger partial charge in [-0.3, -0.25) is 0 Å². The van der Waals surface area contributed by atoms with Crippen molar-refractivity contribution in [1.29, 1.82) is 0 Å². The van der Waals surface area contributed by atoms with Crippen molar-refractivity contribution in [1.82, 2.24) is 5.32 Å². The first kappa shape index (κ1) is 13.3. The fourth-order valence-corrected chi connectivity index (χ4v) is 1.96. The molecule has 16 heavy (non-hydrogen) atoms. The van der Waals surface area contributed by atoms with Gasteiger partial charge >= 0.3 is 0 Å². The topological polar surface area (TPSA) is 45.4 Å². The number of hydrogen-bond acceptors (Lipinski definition) is 3. The summed E-state index contributed by atoms with van der Waals surface area (Å²) in [7, 11) is 0. The molecule has 0 aliphatic rings. The van der Waals surface area contributed by atoms with Crippen LogP contribution in [0.25, 0.3) is 0 Å². The summed E-state index contributed by atoms with van der Waals surface area (Å²) in [6, 6.07) is 3.95. The number of furan rings is 1. The SMILES string of the molecule is CC(C)CC(C)(O)CNC(C)c1ccco1. The molecule has 0 fully saturated rings. The van der Waals surface area contributed by atoms with E-state index in [1.807, 2.05) is 26.0 Å². The van der Waals surface area contributed by atoms with Crippen molar-refractivity contribution in [2.24, 2.45) is 5.92 Å². The molecule has 0 aliphatic heterocycles. The Labute approximate surface area is 97.9 Å². The molecule has 1 heterocycles. The second-order valence-corrected chi connectivity index (χ2v) is 5.21. The van der Waals surface area contributed by atoms with Gasteiger partial charge in [-0.1, -0.05) is 13.8 Å². The molecule has 1 aromatic heterocycles. The van der Waals surface area contributed by atoms with Crippen molar-refractivity contribution >= 4 is 0 Å². The minimum atomic E-state index is -0.658. The van der Waals surface area contributed by atoms with Crippen LogP contribution < -0.4 is 5.32 Å². The fraction of sp³-hybridized carbons (Fsp3) is 0.692. The predicted octanol–water partition coefficient (Wildman–Crippen LogP) is 2.73. The maximum atomic E-state index is 10.1. The van der Waals surface area contributed by atoms with Crippen molar-refractivity contribution in [2.75, 3.05) is 6.54 Å². The summed E-state index contributed by atoms with van der Waals surface area (Å²) < 4.78 is 5.30. The van der Waals surface area contributed by atoms with Crippen LogP contribution in [-0.2, 0) is 0 Å². The Hall–Kier alpha value is -0.800. The summed E-state index contributed by atoms with van der Waals surface area (Å²) in [5.74, 6) is 1.40. The zero-order valence-corrected chi connectivity index (χ0v) is 10.7. The standard InChI is InChI=1S/C13H23NO2/c1-10(2)8-13(4,15)9-14-11(3)12-6-5-7-16-12/h5-7,10-11,14-15H,8-9H2,1-4H3. The molecule has 1 rings (SSSR count). The Balaban J connectivity index is 2.39. The highest BCUT2D eigenvalue weighted by atomic mass is 16.3. The summed E-state index contributed by atoms with van der Waals surface area (Å²) >= 11 is 0. The minimum absolute atomic E-state index is 0.133. The Kier molecular flexibility index (Phi) is 4.56. The van der Waals surface area contributed by atoms with Crippen LogP contribution in [-0.4, -0.2) is 17.3 Å². The zero-order chi connectivity index (χ0) is 12.2. The van der Waals surface area contributed by atoms with Crippen molar-refractivity contribution in [3.8, 4) is 0 Å². The number of aliphatic hydroxyl groups is 1. The maximum absolute atomic E-state index is 10.1. The summed E-state index contributed by atoms with van der Waals surface area (Å²) in [5, 5.41) is 13.4. The number of rotatable bonds is 6. The van der Waals surface area contributed by atoms with Gasteiger partial charge in [0, 0.05) is 6.54 Å². The number of nitrogens with one attached hydrogen (secondary N) is 1. The molecule has 1 aromatic rings. The van der Waals surface area contributed by atoms with Crippen LogP contribution in [0.3, 0.4) is 0 Å². The highest BCUT2D eigenvalue weighted by Crippen LogP contribution is 2.18. The molecule has 0 radical (unpaired) electrons. The van der Waals surface area contributed by atoms with Crippen LogP contribution in [0.2, 0.25) is 0 Å². The molecule has 0 spiro atoms. The third-order valence-electron chi connectivity index (χ3n) is 2.61. The van der Waals surface area contributed by atoms with E-state index in [0.29, 0.717) is 12.5 Å². The van der Waals surface area contributed by atoms with Crippen molar-refractivity contribution in [3.63, 3.8) is 0 Å². The van der Waals surface area contributed by atoms with Crippen LogP contribution in [0.5, 0.6) is 0 Å². The van der Waals surface area contributed by atoms with Crippen LogP contribution in [0.4, 0.5) is 0 Å². The second kappa shape index (κ2) is 5.51. The van der Waals surface area contributed by atoms with E-state index in [4.69, 9.17) is 4.42 Å². The highest BCUT2D eigenvalue weighted by molar-refractivity contribution is 5.03.